The zero-order chi connectivity index (χ0) is 23.9. The molecule has 172 valence electrons. The fourth-order valence-corrected chi connectivity index (χ4v) is 3.79. The second-order valence-corrected chi connectivity index (χ2v) is 7.32. The lowest BCUT2D eigenvalue weighted by molar-refractivity contribution is -0.274. The van der Waals surface area contributed by atoms with E-state index >= 15 is 0 Å². The van der Waals surface area contributed by atoms with Crippen LogP contribution in [0.3, 0.4) is 0 Å². The number of hydrogen-bond donors (Lipinski definition) is 2. The van der Waals surface area contributed by atoms with Gasteiger partial charge in [0.2, 0.25) is 0 Å². The molecule has 8 nitrogen and oxygen atoms in total. The summed E-state index contributed by atoms with van der Waals surface area (Å²) in [4.78, 5) is 32.3. The van der Waals surface area contributed by atoms with Crippen molar-refractivity contribution in [3.8, 4) is 17.0 Å². The van der Waals surface area contributed by atoms with E-state index in [9.17, 15) is 27.2 Å². The minimum atomic E-state index is -4.92. The maximum absolute atomic E-state index is 14.6. The van der Waals surface area contributed by atoms with Gasteiger partial charge in [0.25, 0.3) is 5.56 Å². The number of H-pyrrole nitrogens is 2. The Morgan fingerprint density at radius 1 is 1.24 bits per heavy atom. The number of benzene rings is 1. The molecule has 0 saturated heterocycles. The van der Waals surface area contributed by atoms with Crippen molar-refractivity contribution in [1.82, 2.24) is 19.7 Å². The molecule has 4 rings (SSSR count). The van der Waals surface area contributed by atoms with Crippen molar-refractivity contribution in [3.05, 3.63) is 80.3 Å². The molecule has 12 heteroatoms. The number of aromatic nitrogens is 4. The maximum atomic E-state index is 14.6. The van der Waals surface area contributed by atoms with E-state index < -0.39 is 29.2 Å². The van der Waals surface area contributed by atoms with Crippen molar-refractivity contribution in [2.24, 2.45) is 4.99 Å². The zero-order valence-corrected chi connectivity index (χ0v) is 17.1. The van der Waals surface area contributed by atoms with Crippen LogP contribution in [0.4, 0.5) is 17.6 Å². The van der Waals surface area contributed by atoms with Gasteiger partial charge in [-0.2, -0.15) is 5.10 Å². The molecule has 2 aromatic heterocycles. The third-order valence-electron chi connectivity index (χ3n) is 5.26. The Balaban J connectivity index is 1.74. The summed E-state index contributed by atoms with van der Waals surface area (Å²) >= 11 is 0. The Morgan fingerprint density at radius 2 is 1.97 bits per heavy atom. The molecule has 0 radical (unpaired) electrons. The van der Waals surface area contributed by atoms with E-state index in [-0.39, 0.29) is 28.7 Å². The van der Waals surface area contributed by atoms with Gasteiger partial charge < -0.3 is 9.72 Å². The molecular formula is C21H17F4N5O3. The number of nitrogens with one attached hydrogen (secondary N) is 2. The third kappa shape index (κ3) is 4.49. The van der Waals surface area contributed by atoms with Crippen LogP contribution in [0, 0.1) is 5.82 Å². The Kier molecular flexibility index (Phi) is 5.52. The van der Waals surface area contributed by atoms with Crippen molar-refractivity contribution in [2.45, 2.75) is 24.6 Å². The average molecular weight is 463 g/mol. The van der Waals surface area contributed by atoms with Gasteiger partial charge in [0, 0.05) is 31.1 Å². The van der Waals surface area contributed by atoms with Crippen LogP contribution in [0.5, 0.6) is 5.75 Å². The van der Waals surface area contributed by atoms with Crippen molar-refractivity contribution in [2.75, 3.05) is 7.05 Å². The summed E-state index contributed by atoms with van der Waals surface area (Å²) in [6, 6.07) is 4.65. The van der Waals surface area contributed by atoms with Crippen molar-refractivity contribution < 1.29 is 22.3 Å². The molecule has 33 heavy (non-hydrogen) atoms. The minimum Gasteiger partial charge on any atom is -0.406 e. The van der Waals surface area contributed by atoms with E-state index in [0.717, 1.165) is 6.07 Å². The first-order valence-corrected chi connectivity index (χ1v) is 9.68. The second-order valence-electron chi connectivity index (χ2n) is 7.32. The summed E-state index contributed by atoms with van der Waals surface area (Å²) in [7, 11) is 1.54. The Hall–Kier alpha value is -3.96. The lowest BCUT2D eigenvalue weighted by Gasteiger charge is -2.11. The van der Waals surface area contributed by atoms with Gasteiger partial charge in [0.05, 0.1) is 11.3 Å². The lowest BCUT2D eigenvalue weighted by Crippen LogP contribution is -2.27. The van der Waals surface area contributed by atoms with Crippen molar-refractivity contribution in [3.63, 3.8) is 0 Å². The van der Waals surface area contributed by atoms with Crippen molar-refractivity contribution in [1.29, 1.82) is 0 Å². The number of ether oxygens (including phenoxy) is 1. The lowest BCUT2D eigenvalue weighted by atomic mass is 10.0. The van der Waals surface area contributed by atoms with E-state index in [1.807, 2.05) is 0 Å². The van der Waals surface area contributed by atoms with Crippen LogP contribution in [0.25, 0.3) is 17.5 Å². The number of halogens is 4. The first kappa shape index (κ1) is 22.2. The molecule has 1 aliphatic carbocycles. The van der Waals surface area contributed by atoms with Crippen molar-refractivity contribution >= 4 is 6.20 Å². The normalized spacial score (nSPS) is 18.3. The number of alkyl halides is 3. The number of rotatable bonds is 5. The van der Waals surface area contributed by atoms with E-state index in [4.69, 9.17) is 0 Å². The van der Waals surface area contributed by atoms with E-state index in [0.29, 0.717) is 23.5 Å². The summed E-state index contributed by atoms with van der Waals surface area (Å²) in [5.74, 6) is -2.02. The predicted molar refractivity (Wildman–Crippen MR) is 110 cm³/mol. The Morgan fingerprint density at radius 3 is 2.58 bits per heavy atom. The minimum absolute atomic E-state index is 0.103. The summed E-state index contributed by atoms with van der Waals surface area (Å²) in [6.45, 7) is 3.69. The topological polar surface area (TPSA) is 105 Å². The quantitative estimate of drug-likeness (QED) is 0.568. The molecule has 1 saturated carbocycles. The molecule has 1 aromatic carbocycles. The molecule has 2 heterocycles. The molecule has 3 aromatic rings. The highest BCUT2D eigenvalue weighted by Crippen LogP contribution is 2.54. The number of nitrogens with zero attached hydrogens (tertiary/aromatic N) is 3. The third-order valence-corrected chi connectivity index (χ3v) is 5.26. The van der Waals surface area contributed by atoms with Crippen LogP contribution in [0.15, 0.2) is 51.6 Å². The Labute approximate surface area is 182 Å². The highest BCUT2D eigenvalue weighted by Gasteiger charge is 2.43. The molecular weight excluding hydrogens is 446 g/mol. The molecule has 1 aliphatic rings. The van der Waals surface area contributed by atoms with Crippen LogP contribution in [-0.2, 0) is 0 Å². The van der Waals surface area contributed by atoms with Crippen LogP contribution in [0.2, 0.25) is 0 Å². The van der Waals surface area contributed by atoms with E-state index in [2.05, 4.69) is 31.4 Å². The van der Waals surface area contributed by atoms with Gasteiger partial charge in [0.1, 0.15) is 11.6 Å². The summed E-state index contributed by atoms with van der Waals surface area (Å²) < 4.78 is 56.9. The average Bonchev–Trinajstić information content (AvgIpc) is 3.52. The van der Waals surface area contributed by atoms with Crippen LogP contribution in [0.1, 0.15) is 29.4 Å². The standard InChI is InChI=1S/C21H17F4N5O3/c1-3-30-18(26-2)14(8-17(29-30)15-9-27-20(32)28-19(15)31)13-7-12(13)11-5-4-10(6-16(11)22)33-21(23,24)25/h3-6,8-9,12-13H,1,7H2,2H3,(H2,27,28,31,32)/t12-,13+/m1/s1. The molecule has 0 bridgehead atoms. The molecule has 2 atom stereocenters. The maximum Gasteiger partial charge on any atom is 0.573 e. The number of aromatic amines is 2. The fraction of sp³-hybridized carbons (Fsp3) is 0.238. The second kappa shape index (κ2) is 8.19. The highest BCUT2D eigenvalue weighted by atomic mass is 19.4. The van der Waals surface area contributed by atoms with Gasteiger partial charge in [-0.1, -0.05) is 12.6 Å². The monoisotopic (exact) mass is 463 g/mol. The largest absolute Gasteiger partial charge is 0.573 e. The first-order valence-electron chi connectivity index (χ1n) is 9.68. The predicted octanol–water partition coefficient (Wildman–Crippen LogP) is 2.87. The molecule has 0 spiro atoms. The smallest absolute Gasteiger partial charge is 0.406 e. The van der Waals surface area contributed by atoms with E-state index in [1.54, 1.807) is 6.07 Å². The van der Waals surface area contributed by atoms with Gasteiger partial charge in [-0.05, 0) is 36.0 Å². The molecule has 1 fully saturated rings. The zero-order valence-electron chi connectivity index (χ0n) is 17.1. The van der Waals surface area contributed by atoms with Gasteiger partial charge in [-0.25, -0.2) is 13.9 Å². The molecule has 0 aliphatic heterocycles. The molecule has 2 N–H and O–H groups in total. The highest BCUT2D eigenvalue weighted by molar-refractivity contribution is 5.58. The molecule has 0 unspecified atom stereocenters. The van der Waals surface area contributed by atoms with Gasteiger partial charge >= 0.3 is 12.1 Å². The van der Waals surface area contributed by atoms with Crippen LogP contribution < -0.4 is 21.5 Å². The van der Waals surface area contributed by atoms with Crippen LogP contribution in [-0.4, -0.2) is 33.2 Å². The van der Waals surface area contributed by atoms with Gasteiger partial charge in [0.15, 0.2) is 5.49 Å². The summed E-state index contributed by atoms with van der Waals surface area (Å²) in [5.41, 5.74) is 0.333. The van der Waals surface area contributed by atoms with Gasteiger partial charge in [-0.3, -0.25) is 14.8 Å². The SMILES string of the molecule is C=Cn1nc(-c2c[nH]c(=O)[nH]c2=O)cc([C@H]2C[C@@H]2c2ccc(OC(F)(F)F)cc2F)c1=NC. The number of hydrogen-bond acceptors (Lipinski definition) is 5. The fourth-order valence-electron chi connectivity index (χ4n) is 3.79. The van der Waals surface area contributed by atoms with Crippen LogP contribution >= 0.6 is 0 Å². The molecule has 0 amide bonds. The first-order chi connectivity index (χ1) is 15.6. The Bertz CT molecular complexity index is 1420. The summed E-state index contributed by atoms with van der Waals surface area (Å²) in [5, 5.41) is 4.32. The van der Waals surface area contributed by atoms with Gasteiger partial charge in [-0.15, -0.1) is 13.2 Å². The van der Waals surface area contributed by atoms with E-state index in [1.165, 1.54) is 30.2 Å². The summed E-state index contributed by atoms with van der Waals surface area (Å²) in [6.07, 6.45) is -1.80.